The average molecular weight is 224 g/mol. The molecule has 0 saturated carbocycles. The smallest absolute Gasteiger partial charge is 0.221 e. The molecular formula is C11H16N2O3. The Morgan fingerprint density at radius 3 is 2.88 bits per heavy atom. The molecule has 0 aliphatic rings. The number of para-hydroxylation sites is 2. The highest BCUT2D eigenvalue weighted by Gasteiger charge is 2.06. The normalized spacial score (nSPS) is 11.9. The lowest BCUT2D eigenvalue weighted by Crippen LogP contribution is -2.26. The standard InChI is InChI=1S/C11H16N2O3/c1-8(14)13-10-4-2-3-5-11(10)16-7-9(15)6-12/h2-5,9,15H,6-7,12H2,1H3,(H,13,14). The molecule has 1 aromatic rings. The fraction of sp³-hybridized carbons (Fsp3) is 0.364. The number of carbonyl (C=O) groups is 1. The van der Waals surface area contributed by atoms with Gasteiger partial charge in [-0.2, -0.15) is 0 Å². The van der Waals surface area contributed by atoms with Crippen LogP contribution in [0.25, 0.3) is 0 Å². The first-order valence-electron chi connectivity index (χ1n) is 5.01. The van der Waals surface area contributed by atoms with Gasteiger partial charge in [0.15, 0.2) is 0 Å². The van der Waals surface area contributed by atoms with Crippen LogP contribution in [0.3, 0.4) is 0 Å². The zero-order chi connectivity index (χ0) is 12.0. The molecule has 0 aliphatic heterocycles. The molecule has 0 heterocycles. The molecule has 0 aromatic heterocycles. The monoisotopic (exact) mass is 224 g/mol. The zero-order valence-electron chi connectivity index (χ0n) is 9.14. The van der Waals surface area contributed by atoms with Gasteiger partial charge in [-0.3, -0.25) is 4.79 Å². The summed E-state index contributed by atoms with van der Waals surface area (Å²) in [5.41, 5.74) is 5.84. The summed E-state index contributed by atoms with van der Waals surface area (Å²) in [6.45, 7) is 1.67. The molecule has 1 unspecified atom stereocenters. The number of hydrogen-bond acceptors (Lipinski definition) is 4. The molecule has 0 saturated heterocycles. The molecule has 1 atom stereocenters. The third-order valence-electron chi connectivity index (χ3n) is 1.90. The molecule has 1 rings (SSSR count). The van der Waals surface area contributed by atoms with E-state index < -0.39 is 6.10 Å². The van der Waals surface area contributed by atoms with E-state index in [2.05, 4.69) is 5.32 Å². The summed E-state index contributed by atoms with van der Waals surface area (Å²) in [6.07, 6.45) is -0.703. The molecule has 1 amide bonds. The van der Waals surface area contributed by atoms with Gasteiger partial charge in [0.1, 0.15) is 18.5 Å². The van der Waals surface area contributed by atoms with Gasteiger partial charge in [-0.25, -0.2) is 0 Å². The predicted molar refractivity (Wildman–Crippen MR) is 61.3 cm³/mol. The maximum atomic E-state index is 10.9. The Hall–Kier alpha value is -1.59. The highest BCUT2D eigenvalue weighted by atomic mass is 16.5. The van der Waals surface area contributed by atoms with Crippen LogP contribution in [0.2, 0.25) is 0 Å². The molecule has 0 fully saturated rings. The highest BCUT2D eigenvalue weighted by molar-refractivity contribution is 5.90. The minimum Gasteiger partial charge on any atom is -0.489 e. The van der Waals surface area contributed by atoms with Crippen molar-refractivity contribution in [1.82, 2.24) is 0 Å². The summed E-state index contributed by atoms with van der Waals surface area (Å²) in [5, 5.41) is 11.9. The maximum Gasteiger partial charge on any atom is 0.221 e. The molecule has 0 spiro atoms. The van der Waals surface area contributed by atoms with Gasteiger partial charge in [-0.1, -0.05) is 12.1 Å². The lowest BCUT2D eigenvalue weighted by molar-refractivity contribution is -0.114. The Bertz CT molecular complexity index is 355. The van der Waals surface area contributed by atoms with Gasteiger partial charge in [-0.05, 0) is 12.1 Å². The molecule has 5 nitrogen and oxygen atoms in total. The molecular weight excluding hydrogens is 208 g/mol. The van der Waals surface area contributed by atoms with Crippen LogP contribution in [0.15, 0.2) is 24.3 Å². The number of amides is 1. The van der Waals surface area contributed by atoms with Crippen molar-refractivity contribution in [2.75, 3.05) is 18.5 Å². The molecule has 0 bridgehead atoms. The van der Waals surface area contributed by atoms with Crippen LogP contribution in [0.1, 0.15) is 6.92 Å². The number of rotatable bonds is 5. The summed E-state index contributed by atoms with van der Waals surface area (Å²) >= 11 is 0. The molecule has 16 heavy (non-hydrogen) atoms. The van der Waals surface area contributed by atoms with E-state index in [0.29, 0.717) is 11.4 Å². The van der Waals surface area contributed by atoms with Crippen molar-refractivity contribution in [2.45, 2.75) is 13.0 Å². The number of benzene rings is 1. The van der Waals surface area contributed by atoms with E-state index in [0.717, 1.165) is 0 Å². The average Bonchev–Trinajstić information content (AvgIpc) is 2.26. The van der Waals surface area contributed by atoms with Crippen molar-refractivity contribution in [3.8, 4) is 5.75 Å². The number of nitrogens with two attached hydrogens (primary N) is 1. The number of aliphatic hydroxyl groups is 1. The lowest BCUT2D eigenvalue weighted by Gasteiger charge is -2.13. The molecule has 0 radical (unpaired) electrons. The van der Waals surface area contributed by atoms with E-state index >= 15 is 0 Å². The minimum absolute atomic E-state index is 0.104. The predicted octanol–water partition coefficient (Wildman–Crippen LogP) is 0.343. The van der Waals surface area contributed by atoms with Crippen molar-refractivity contribution < 1.29 is 14.6 Å². The first-order valence-corrected chi connectivity index (χ1v) is 5.01. The molecule has 1 aromatic carbocycles. The van der Waals surface area contributed by atoms with Gasteiger partial charge in [-0.15, -0.1) is 0 Å². The third-order valence-corrected chi connectivity index (χ3v) is 1.90. The van der Waals surface area contributed by atoms with E-state index in [4.69, 9.17) is 10.5 Å². The van der Waals surface area contributed by atoms with Crippen LogP contribution in [0.5, 0.6) is 5.75 Å². The fourth-order valence-corrected chi connectivity index (χ4v) is 1.14. The zero-order valence-corrected chi connectivity index (χ0v) is 9.14. The topological polar surface area (TPSA) is 84.6 Å². The van der Waals surface area contributed by atoms with Gasteiger partial charge in [0.05, 0.1) is 5.69 Å². The van der Waals surface area contributed by atoms with Crippen molar-refractivity contribution in [3.05, 3.63) is 24.3 Å². The number of hydrogen-bond donors (Lipinski definition) is 3. The Morgan fingerprint density at radius 2 is 2.25 bits per heavy atom. The van der Waals surface area contributed by atoms with Gasteiger partial charge < -0.3 is 20.9 Å². The van der Waals surface area contributed by atoms with Crippen molar-refractivity contribution in [1.29, 1.82) is 0 Å². The number of nitrogens with one attached hydrogen (secondary N) is 1. The Morgan fingerprint density at radius 1 is 1.56 bits per heavy atom. The molecule has 4 N–H and O–H groups in total. The quantitative estimate of drug-likeness (QED) is 0.673. The first kappa shape index (κ1) is 12.5. The van der Waals surface area contributed by atoms with Crippen LogP contribution in [0.4, 0.5) is 5.69 Å². The van der Waals surface area contributed by atoms with Gasteiger partial charge >= 0.3 is 0 Å². The number of aliphatic hydroxyl groups excluding tert-OH is 1. The van der Waals surface area contributed by atoms with E-state index in [9.17, 15) is 9.90 Å². The van der Waals surface area contributed by atoms with E-state index in [1.807, 2.05) is 0 Å². The second-order valence-corrected chi connectivity index (χ2v) is 3.38. The summed E-state index contributed by atoms with van der Waals surface area (Å²) in [4.78, 5) is 10.9. The fourth-order valence-electron chi connectivity index (χ4n) is 1.14. The van der Waals surface area contributed by atoms with E-state index in [-0.39, 0.29) is 19.1 Å². The first-order chi connectivity index (χ1) is 7.63. The summed E-state index contributed by atoms with van der Waals surface area (Å²) in [5.74, 6) is 0.348. The van der Waals surface area contributed by atoms with Gasteiger partial charge in [0.2, 0.25) is 5.91 Å². The van der Waals surface area contributed by atoms with Crippen LogP contribution < -0.4 is 15.8 Å². The largest absolute Gasteiger partial charge is 0.489 e. The van der Waals surface area contributed by atoms with Crippen LogP contribution >= 0.6 is 0 Å². The lowest BCUT2D eigenvalue weighted by atomic mass is 10.3. The number of ether oxygens (including phenoxy) is 1. The SMILES string of the molecule is CC(=O)Nc1ccccc1OCC(O)CN. The second kappa shape index (κ2) is 6.09. The van der Waals surface area contributed by atoms with Crippen molar-refractivity contribution >= 4 is 11.6 Å². The molecule has 5 heteroatoms. The third kappa shape index (κ3) is 3.88. The van der Waals surface area contributed by atoms with Gasteiger partial charge in [0.25, 0.3) is 0 Å². The number of anilines is 1. The van der Waals surface area contributed by atoms with E-state index in [1.165, 1.54) is 6.92 Å². The van der Waals surface area contributed by atoms with E-state index in [1.54, 1.807) is 24.3 Å². The Balaban J connectivity index is 2.67. The highest BCUT2D eigenvalue weighted by Crippen LogP contribution is 2.23. The summed E-state index contributed by atoms with van der Waals surface area (Å²) in [7, 11) is 0. The van der Waals surface area contributed by atoms with Crippen LogP contribution in [-0.2, 0) is 4.79 Å². The van der Waals surface area contributed by atoms with Crippen LogP contribution in [-0.4, -0.2) is 30.3 Å². The van der Waals surface area contributed by atoms with Crippen LogP contribution in [0, 0.1) is 0 Å². The Kier molecular flexibility index (Phi) is 4.75. The van der Waals surface area contributed by atoms with Crippen molar-refractivity contribution in [3.63, 3.8) is 0 Å². The molecule has 88 valence electrons. The number of carbonyl (C=O) groups excluding carboxylic acids is 1. The summed E-state index contributed by atoms with van der Waals surface area (Å²) < 4.78 is 5.35. The Labute approximate surface area is 94.2 Å². The van der Waals surface area contributed by atoms with Gasteiger partial charge in [0, 0.05) is 13.5 Å². The summed E-state index contributed by atoms with van der Waals surface area (Å²) in [6, 6.07) is 7.02. The second-order valence-electron chi connectivity index (χ2n) is 3.38. The molecule has 0 aliphatic carbocycles. The van der Waals surface area contributed by atoms with Crippen molar-refractivity contribution in [2.24, 2.45) is 5.73 Å². The minimum atomic E-state index is -0.703. The maximum absolute atomic E-state index is 10.9.